The number of carbonyl (C=O) groups is 1. The zero-order chi connectivity index (χ0) is 11.4. The second-order valence-electron chi connectivity index (χ2n) is 2.81. The Hall–Kier alpha value is -1.95. The van der Waals surface area contributed by atoms with E-state index in [1.54, 1.807) is 18.5 Å². The molecule has 0 aliphatic carbocycles. The molecule has 6 heteroatoms. The molecule has 0 bridgehead atoms. The number of nitrogens with zero attached hydrogens (tertiary/aromatic N) is 3. The molecule has 2 heterocycles. The molecule has 0 aliphatic heterocycles. The predicted molar refractivity (Wildman–Crippen MR) is 57.4 cm³/mol. The molecule has 2 aromatic rings. The summed E-state index contributed by atoms with van der Waals surface area (Å²) in [5, 5.41) is 9.46. The largest absolute Gasteiger partial charge is 0.478 e. The first kappa shape index (κ1) is 10.6. The summed E-state index contributed by atoms with van der Waals surface area (Å²) < 4.78 is 0. The molecule has 1 N–H and O–H groups in total. The third-order valence-corrected chi connectivity index (χ3v) is 2.70. The molecule has 0 aliphatic rings. The van der Waals surface area contributed by atoms with Crippen molar-refractivity contribution in [3.8, 4) is 0 Å². The molecular formula is C10H7N3O2S. The Morgan fingerprint density at radius 3 is 2.69 bits per heavy atom. The first-order valence-electron chi connectivity index (χ1n) is 4.39. The maximum Gasteiger partial charge on any atom is 0.336 e. The Morgan fingerprint density at radius 2 is 2.00 bits per heavy atom. The topological polar surface area (TPSA) is 76.0 Å². The zero-order valence-corrected chi connectivity index (χ0v) is 8.89. The second kappa shape index (κ2) is 4.71. The van der Waals surface area contributed by atoms with Crippen LogP contribution in [0, 0.1) is 0 Å². The van der Waals surface area contributed by atoms with E-state index in [2.05, 4.69) is 15.0 Å². The van der Waals surface area contributed by atoms with Crippen molar-refractivity contribution in [3.05, 3.63) is 42.5 Å². The van der Waals surface area contributed by atoms with Crippen molar-refractivity contribution < 1.29 is 9.90 Å². The van der Waals surface area contributed by atoms with Crippen LogP contribution < -0.4 is 0 Å². The minimum Gasteiger partial charge on any atom is -0.478 e. The van der Waals surface area contributed by atoms with Gasteiger partial charge in [-0.25, -0.2) is 14.8 Å². The van der Waals surface area contributed by atoms with E-state index >= 15 is 0 Å². The van der Waals surface area contributed by atoms with Crippen molar-refractivity contribution in [2.24, 2.45) is 0 Å². The molecule has 0 fully saturated rings. The number of carboxylic acids is 1. The van der Waals surface area contributed by atoms with Crippen molar-refractivity contribution in [1.82, 2.24) is 15.0 Å². The van der Waals surface area contributed by atoms with Gasteiger partial charge in [-0.1, -0.05) is 0 Å². The minimum absolute atomic E-state index is 0.201. The fourth-order valence-corrected chi connectivity index (χ4v) is 1.88. The SMILES string of the molecule is O=C(O)c1ccncc1Sc1ncccn1. The summed E-state index contributed by atoms with van der Waals surface area (Å²) in [5.74, 6) is -0.985. The highest BCUT2D eigenvalue weighted by molar-refractivity contribution is 7.99. The quantitative estimate of drug-likeness (QED) is 0.813. The van der Waals surface area contributed by atoms with Crippen molar-refractivity contribution >= 4 is 17.7 Å². The van der Waals surface area contributed by atoms with Crippen LogP contribution in [0.2, 0.25) is 0 Å². The lowest BCUT2D eigenvalue weighted by atomic mass is 10.3. The Balaban J connectivity index is 2.31. The zero-order valence-electron chi connectivity index (χ0n) is 8.07. The highest BCUT2D eigenvalue weighted by Gasteiger charge is 2.11. The van der Waals surface area contributed by atoms with Gasteiger partial charge in [-0.15, -0.1) is 0 Å². The minimum atomic E-state index is -0.985. The maximum absolute atomic E-state index is 10.9. The molecule has 0 saturated carbocycles. The highest BCUT2D eigenvalue weighted by atomic mass is 32.2. The highest BCUT2D eigenvalue weighted by Crippen LogP contribution is 2.26. The van der Waals surface area contributed by atoms with Crippen LogP contribution in [-0.4, -0.2) is 26.0 Å². The standard InChI is InChI=1S/C10H7N3O2S/c14-9(15)7-2-5-11-6-8(7)16-10-12-3-1-4-13-10/h1-6H,(H,14,15). The van der Waals surface area contributed by atoms with Crippen LogP contribution >= 0.6 is 11.8 Å². The normalized spacial score (nSPS) is 10.0. The van der Waals surface area contributed by atoms with Crippen LogP contribution in [0.3, 0.4) is 0 Å². The predicted octanol–water partition coefficient (Wildman–Crippen LogP) is 1.72. The van der Waals surface area contributed by atoms with Gasteiger partial charge < -0.3 is 5.11 Å². The molecule has 16 heavy (non-hydrogen) atoms. The molecule has 0 aromatic carbocycles. The van der Waals surface area contributed by atoms with Gasteiger partial charge in [0.25, 0.3) is 0 Å². The first-order valence-corrected chi connectivity index (χ1v) is 5.21. The summed E-state index contributed by atoms with van der Waals surface area (Å²) >= 11 is 1.18. The van der Waals surface area contributed by atoms with Gasteiger partial charge >= 0.3 is 5.97 Å². The number of aromatic carboxylic acids is 1. The monoisotopic (exact) mass is 233 g/mol. The van der Waals surface area contributed by atoms with Crippen molar-refractivity contribution in [1.29, 1.82) is 0 Å². The van der Waals surface area contributed by atoms with Crippen LogP contribution in [0.15, 0.2) is 47.0 Å². The first-order chi connectivity index (χ1) is 7.77. The van der Waals surface area contributed by atoms with Crippen molar-refractivity contribution in [2.75, 3.05) is 0 Å². The van der Waals surface area contributed by atoms with E-state index in [-0.39, 0.29) is 5.56 Å². The van der Waals surface area contributed by atoms with Gasteiger partial charge in [-0.05, 0) is 23.9 Å². The molecule has 80 valence electrons. The fourth-order valence-electron chi connectivity index (χ4n) is 1.07. The smallest absolute Gasteiger partial charge is 0.336 e. The average molecular weight is 233 g/mol. The van der Waals surface area contributed by atoms with Gasteiger partial charge in [0.05, 0.1) is 5.56 Å². The molecule has 0 radical (unpaired) electrons. The molecular weight excluding hydrogens is 226 g/mol. The molecule has 0 unspecified atom stereocenters. The Labute approximate surface area is 95.6 Å². The van der Waals surface area contributed by atoms with E-state index in [0.29, 0.717) is 10.1 Å². The molecule has 0 spiro atoms. The van der Waals surface area contributed by atoms with Gasteiger partial charge in [0, 0.05) is 29.7 Å². The molecule has 0 amide bonds. The van der Waals surface area contributed by atoms with E-state index in [9.17, 15) is 4.79 Å². The number of pyridine rings is 1. The van der Waals surface area contributed by atoms with Crippen LogP contribution in [0.25, 0.3) is 0 Å². The average Bonchev–Trinajstić information content (AvgIpc) is 2.31. The summed E-state index contributed by atoms with van der Waals surface area (Å²) in [6.45, 7) is 0. The summed E-state index contributed by atoms with van der Waals surface area (Å²) in [5.41, 5.74) is 0.201. The van der Waals surface area contributed by atoms with Crippen molar-refractivity contribution in [3.63, 3.8) is 0 Å². The molecule has 2 aromatic heterocycles. The van der Waals surface area contributed by atoms with E-state index in [4.69, 9.17) is 5.11 Å². The summed E-state index contributed by atoms with van der Waals surface area (Å²) in [6, 6.07) is 3.15. The van der Waals surface area contributed by atoms with Crippen LogP contribution in [0.4, 0.5) is 0 Å². The second-order valence-corrected chi connectivity index (χ2v) is 3.82. The van der Waals surface area contributed by atoms with Gasteiger partial charge in [0.15, 0.2) is 5.16 Å². The number of hydrogen-bond acceptors (Lipinski definition) is 5. The van der Waals surface area contributed by atoms with Gasteiger partial charge in [0.1, 0.15) is 0 Å². The number of carboxylic acid groups (broad SMARTS) is 1. The Kier molecular flexibility index (Phi) is 3.11. The Morgan fingerprint density at radius 1 is 1.25 bits per heavy atom. The maximum atomic E-state index is 10.9. The number of rotatable bonds is 3. The molecule has 0 atom stereocenters. The van der Waals surface area contributed by atoms with Crippen LogP contribution in [0.1, 0.15) is 10.4 Å². The lowest BCUT2D eigenvalue weighted by molar-refractivity contribution is 0.0693. The van der Waals surface area contributed by atoms with E-state index in [0.717, 1.165) is 0 Å². The molecule has 2 rings (SSSR count). The van der Waals surface area contributed by atoms with Crippen LogP contribution in [-0.2, 0) is 0 Å². The molecule has 0 saturated heterocycles. The van der Waals surface area contributed by atoms with E-state index in [1.807, 2.05) is 0 Å². The van der Waals surface area contributed by atoms with Gasteiger partial charge in [-0.2, -0.15) is 0 Å². The third kappa shape index (κ3) is 2.34. The third-order valence-electron chi connectivity index (χ3n) is 1.76. The lowest BCUT2D eigenvalue weighted by Gasteiger charge is -2.02. The fraction of sp³-hybridized carbons (Fsp3) is 0. The van der Waals surface area contributed by atoms with Gasteiger partial charge in [-0.3, -0.25) is 4.98 Å². The number of hydrogen-bond donors (Lipinski definition) is 1. The van der Waals surface area contributed by atoms with Crippen molar-refractivity contribution in [2.45, 2.75) is 10.1 Å². The lowest BCUT2D eigenvalue weighted by Crippen LogP contribution is -1.99. The van der Waals surface area contributed by atoms with Crippen LogP contribution in [0.5, 0.6) is 0 Å². The molecule has 5 nitrogen and oxygen atoms in total. The number of aromatic nitrogens is 3. The Bertz CT molecular complexity index is 504. The van der Waals surface area contributed by atoms with E-state index < -0.39 is 5.97 Å². The summed E-state index contributed by atoms with van der Waals surface area (Å²) in [6.07, 6.45) is 6.14. The van der Waals surface area contributed by atoms with E-state index in [1.165, 1.54) is 30.2 Å². The summed E-state index contributed by atoms with van der Waals surface area (Å²) in [7, 11) is 0. The summed E-state index contributed by atoms with van der Waals surface area (Å²) in [4.78, 5) is 23.4. The van der Waals surface area contributed by atoms with Gasteiger partial charge in [0.2, 0.25) is 0 Å².